The number of piperazine rings is 1. The van der Waals surface area contributed by atoms with Crippen LogP contribution in [0, 0.1) is 6.92 Å². The number of nitrogens with one attached hydrogen (secondary N) is 2. The monoisotopic (exact) mass is 598 g/mol. The van der Waals surface area contributed by atoms with E-state index >= 15 is 0 Å². The number of methoxy groups -OCH3 is 1. The highest BCUT2D eigenvalue weighted by atomic mass is 35.5. The Kier molecular flexibility index (Phi) is 9.08. The van der Waals surface area contributed by atoms with Gasteiger partial charge in [0, 0.05) is 50.9 Å². The molecule has 43 heavy (non-hydrogen) atoms. The third kappa shape index (κ3) is 6.62. The smallest absolute Gasteiger partial charge is 0.252 e. The largest absolute Gasteiger partial charge is 0.496 e. The van der Waals surface area contributed by atoms with E-state index < -0.39 is 0 Å². The van der Waals surface area contributed by atoms with Crippen LogP contribution in [-0.4, -0.2) is 62.7 Å². The summed E-state index contributed by atoms with van der Waals surface area (Å²) in [6.45, 7) is 5.32. The van der Waals surface area contributed by atoms with Crippen LogP contribution in [0.2, 0.25) is 5.02 Å². The molecule has 6 nitrogen and oxygen atoms in total. The molecule has 226 valence electrons. The highest BCUT2D eigenvalue weighted by Crippen LogP contribution is 2.37. The van der Waals surface area contributed by atoms with Crippen LogP contribution in [0.4, 0.5) is 5.69 Å². The van der Waals surface area contributed by atoms with Crippen LogP contribution < -0.4 is 20.3 Å². The number of fused-ring (bicyclic) bond motifs is 2. The molecule has 1 saturated carbocycles. The van der Waals surface area contributed by atoms with Gasteiger partial charge in [-0.05, 0) is 85.1 Å². The summed E-state index contributed by atoms with van der Waals surface area (Å²) in [6, 6.07) is 23.7. The topological polar surface area (TPSA) is 56.8 Å². The fraction of sp³-hybridized carbons (Fsp3) is 0.417. The Morgan fingerprint density at radius 2 is 1.81 bits per heavy atom. The summed E-state index contributed by atoms with van der Waals surface area (Å²) in [6.07, 6.45) is 5.01. The second kappa shape index (κ2) is 13.1. The first kappa shape index (κ1) is 29.7. The molecular formula is C36H43ClN4O2. The summed E-state index contributed by atoms with van der Waals surface area (Å²) >= 11 is 6.39. The zero-order valence-electron chi connectivity index (χ0n) is 25.5. The number of para-hydroxylation sites is 1. The van der Waals surface area contributed by atoms with Gasteiger partial charge in [-0.2, -0.15) is 0 Å². The van der Waals surface area contributed by atoms with Gasteiger partial charge in [0.25, 0.3) is 5.91 Å². The summed E-state index contributed by atoms with van der Waals surface area (Å²) < 4.78 is 5.58. The summed E-state index contributed by atoms with van der Waals surface area (Å²) in [5, 5.41) is 8.10. The van der Waals surface area contributed by atoms with Gasteiger partial charge in [-0.25, -0.2) is 0 Å². The van der Waals surface area contributed by atoms with Crippen LogP contribution in [0.1, 0.15) is 47.9 Å². The van der Waals surface area contributed by atoms with Crippen molar-refractivity contribution in [1.82, 2.24) is 15.5 Å². The number of benzene rings is 3. The Morgan fingerprint density at radius 1 is 1.02 bits per heavy atom. The molecule has 2 bridgehead atoms. The zero-order valence-corrected chi connectivity index (χ0v) is 26.3. The second-order valence-corrected chi connectivity index (χ2v) is 12.7. The van der Waals surface area contributed by atoms with Crippen molar-refractivity contribution >= 4 is 28.8 Å². The molecule has 3 aromatic rings. The fourth-order valence-electron chi connectivity index (χ4n) is 6.66. The van der Waals surface area contributed by atoms with Crippen LogP contribution in [0.5, 0.6) is 5.75 Å². The van der Waals surface area contributed by atoms with E-state index in [0.29, 0.717) is 18.6 Å². The standard InChI is InChI=1S/C36H43ClN4O2/c1-24-27(9-6-12-34(24)43-3)23-41(29-17-18-29)36(42)35-30(20-28-21-38-22-32(35)39-28)26-15-13-25(14-16-26)8-7-19-40(2)33-11-5-4-10-31(33)37/h4-6,9-16,28-29,32,38-39H,7-8,17-23H2,1-3H3/t28-,32+/m0/s1. The molecule has 2 aliphatic heterocycles. The van der Waals surface area contributed by atoms with Crippen molar-refractivity contribution in [2.24, 2.45) is 0 Å². The summed E-state index contributed by atoms with van der Waals surface area (Å²) in [7, 11) is 3.80. The Balaban J connectivity index is 1.22. The molecule has 0 unspecified atom stereocenters. The number of rotatable bonds is 11. The first-order chi connectivity index (χ1) is 20.9. The van der Waals surface area contributed by atoms with E-state index in [1.54, 1.807) is 7.11 Å². The van der Waals surface area contributed by atoms with Gasteiger partial charge in [0.15, 0.2) is 0 Å². The molecule has 6 rings (SSSR count). The van der Waals surface area contributed by atoms with Gasteiger partial charge in [0.1, 0.15) is 5.75 Å². The molecule has 0 radical (unpaired) electrons. The second-order valence-electron chi connectivity index (χ2n) is 12.3. The fourth-order valence-corrected chi connectivity index (χ4v) is 6.94. The zero-order chi connectivity index (χ0) is 29.9. The van der Waals surface area contributed by atoms with Gasteiger partial charge in [-0.1, -0.05) is 60.1 Å². The van der Waals surface area contributed by atoms with Crippen LogP contribution in [0.15, 0.2) is 72.3 Å². The maximum atomic E-state index is 14.5. The van der Waals surface area contributed by atoms with Gasteiger partial charge in [-0.3, -0.25) is 4.79 Å². The number of hydrogen-bond donors (Lipinski definition) is 2. The number of hydrogen-bond acceptors (Lipinski definition) is 5. The van der Waals surface area contributed by atoms with E-state index in [1.807, 2.05) is 30.3 Å². The van der Waals surface area contributed by atoms with Crippen molar-refractivity contribution in [1.29, 1.82) is 0 Å². The number of ether oxygens (including phenoxy) is 1. The first-order valence-electron chi connectivity index (χ1n) is 15.6. The van der Waals surface area contributed by atoms with E-state index in [9.17, 15) is 4.79 Å². The number of anilines is 1. The minimum Gasteiger partial charge on any atom is -0.496 e. The van der Waals surface area contributed by atoms with Gasteiger partial charge in [-0.15, -0.1) is 0 Å². The molecule has 2 atom stereocenters. The lowest BCUT2D eigenvalue weighted by molar-refractivity contribution is -0.128. The van der Waals surface area contributed by atoms with E-state index in [4.69, 9.17) is 16.3 Å². The van der Waals surface area contributed by atoms with Crippen molar-refractivity contribution in [3.05, 3.63) is 99.6 Å². The third-order valence-electron chi connectivity index (χ3n) is 9.26. The molecule has 1 aliphatic carbocycles. The minimum absolute atomic E-state index is 0.0164. The van der Waals surface area contributed by atoms with Crippen molar-refractivity contribution in [2.75, 3.05) is 38.7 Å². The van der Waals surface area contributed by atoms with Gasteiger partial charge >= 0.3 is 0 Å². The summed E-state index contributed by atoms with van der Waals surface area (Å²) in [5.41, 5.74) is 7.95. The van der Waals surface area contributed by atoms with Gasteiger partial charge in [0.2, 0.25) is 0 Å². The number of amides is 1. The van der Waals surface area contributed by atoms with Crippen molar-refractivity contribution in [3.8, 4) is 5.75 Å². The lowest BCUT2D eigenvalue weighted by atomic mass is 9.83. The minimum atomic E-state index is 0.0164. The predicted octanol–water partition coefficient (Wildman–Crippen LogP) is 6.00. The van der Waals surface area contributed by atoms with Gasteiger partial charge in [0.05, 0.1) is 23.9 Å². The predicted molar refractivity (Wildman–Crippen MR) is 176 cm³/mol. The van der Waals surface area contributed by atoms with Crippen molar-refractivity contribution in [3.63, 3.8) is 0 Å². The van der Waals surface area contributed by atoms with E-state index in [-0.39, 0.29) is 11.9 Å². The average Bonchev–Trinajstić information content (AvgIpc) is 3.86. The van der Waals surface area contributed by atoms with E-state index in [2.05, 4.69) is 70.8 Å². The number of carbonyl (C=O) groups excluding carboxylic acids is 1. The highest BCUT2D eigenvalue weighted by molar-refractivity contribution is 6.33. The van der Waals surface area contributed by atoms with E-state index in [0.717, 1.165) is 84.9 Å². The molecule has 2 N–H and O–H groups in total. The van der Waals surface area contributed by atoms with Gasteiger partial charge < -0.3 is 25.2 Å². The molecule has 2 heterocycles. The van der Waals surface area contributed by atoms with Crippen LogP contribution >= 0.6 is 11.6 Å². The number of nitrogens with zero attached hydrogens (tertiary/aromatic N) is 2. The number of carbonyl (C=O) groups is 1. The molecule has 3 aliphatic rings. The quantitative estimate of drug-likeness (QED) is 0.283. The van der Waals surface area contributed by atoms with Crippen molar-refractivity contribution in [2.45, 2.75) is 63.7 Å². The van der Waals surface area contributed by atoms with Crippen LogP contribution in [0.3, 0.4) is 0 Å². The highest BCUT2D eigenvalue weighted by Gasteiger charge is 2.41. The maximum Gasteiger partial charge on any atom is 0.252 e. The lowest BCUT2D eigenvalue weighted by Crippen LogP contribution is -2.60. The third-order valence-corrected chi connectivity index (χ3v) is 9.58. The lowest BCUT2D eigenvalue weighted by Gasteiger charge is -2.41. The molecule has 1 saturated heterocycles. The normalized spacial score (nSPS) is 19.7. The van der Waals surface area contributed by atoms with Crippen LogP contribution in [-0.2, 0) is 17.8 Å². The number of halogens is 1. The molecule has 0 spiro atoms. The molecule has 1 amide bonds. The molecule has 3 aromatic carbocycles. The maximum absolute atomic E-state index is 14.5. The molecule has 2 fully saturated rings. The molecule has 7 heteroatoms. The first-order valence-corrected chi connectivity index (χ1v) is 16.0. The Bertz CT molecular complexity index is 1480. The summed E-state index contributed by atoms with van der Waals surface area (Å²) in [5.74, 6) is 1.04. The number of aryl methyl sites for hydroxylation is 1. The Labute approximate surface area is 261 Å². The average molecular weight is 599 g/mol. The SMILES string of the molecule is COc1cccc(CN(C(=O)C2=C(c3ccc(CCCN(C)c4ccccc4Cl)cc3)C[C@H]3CNC[C@H]2N3)C2CC2)c1C. The Hall–Kier alpha value is -3.32. The van der Waals surface area contributed by atoms with E-state index in [1.165, 1.54) is 16.7 Å². The summed E-state index contributed by atoms with van der Waals surface area (Å²) in [4.78, 5) is 18.8. The molecular weight excluding hydrogens is 556 g/mol. The Morgan fingerprint density at radius 3 is 2.56 bits per heavy atom. The van der Waals surface area contributed by atoms with Crippen LogP contribution in [0.25, 0.3) is 5.57 Å². The van der Waals surface area contributed by atoms with Crippen molar-refractivity contribution < 1.29 is 9.53 Å². The molecule has 0 aromatic heterocycles.